The number of hydrogen-bond donors (Lipinski definition) is 1. The molecule has 0 saturated carbocycles. The maximum Gasteiger partial charge on any atom is 0.244 e. The summed E-state index contributed by atoms with van der Waals surface area (Å²) in [5.41, 5.74) is 1.79. The Hall–Kier alpha value is -1.97. The number of ether oxygens (including phenoxy) is 1. The number of rotatable bonds is 7. The number of methoxy groups -OCH3 is 1. The fourth-order valence-corrected chi connectivity index (χ4v) is 3.08. The lowest BCUT2D eigenvalue weighted by atomic mass is 9.97. The Morgan fingerprint density at radius 2 is 1.85 bits per heavy atom. The number of hydrogen-bond acceptors (Lipinski definition) is 2. The smallest absolute Gasteiger partial charge is 0.244 e. The molecule has 26 heavy (non-hydrogen) atoms. The topological polar surface area (TPSA) is 38.3 Å². The summed E-state index contributed by atoms with van der Waals surface area (Å²) in [6.07, 6.45) is 4.02. The van der Waals surface area contributed by atoms with E-state index in [-0.39, 0.29) is 11.9 Å². The summed E-state index contributed by atoms with van der Waals surface area (Å²) in [6, 6.07) is 12.9. The molecule has 1 unspecified atom stereocenters. The lowest BCUT2D eigenvalue weighted by Gasteiger charge is -2.20. The molecule has 3 nitrogen and oxygen atoms in total. The predicted octanol–water partition coefficient (Wildman–Crippen LogP) is 5.92. The standard InChI is InChI=1S/C21H23Cl2NO2/c1-14(2)12-20(16-5-9-18(26-3)10-6-16)24-21(25)11-7-15-4-8-17(22)13-19(15)23/h4-11,13-14,20H,12H2,1-3H3,(H,24,25)/b11-7+. The summed E-state index contributed by atoms with van der Waals surface area (Å²) in [7, 11) is 1.63. The molecule has 0 radical (unpaired) electrons. The van der Waals surface area contributed by atoms with Gasteiger partial charge in [0.1, 0.15) is 5.75 Å². The summed E-state index contributed by atoms with van der Waals surface area (Å²) in [5.74, 6) is 1.07. The van der Waals surface area contributed by atoms with Crippen LogP contribution in [-0.2, 0) is 4.79 Å². The highest BCUT2D eigenvalue weighted by Gasteiger charge is 2.15. The molecule has 0 bridgehead atoms. The van der Waals surface area contributed by atoms with Gasteiger partial charge in [0.25, 0.3) is 0 Å². The van der Waals surface area contributed by atoms with Crippen LogP contribution in [0.4, 0.5) is 0 Å². The molecule has 2 aromatic carbocycles. The molecule has 0 aliphatic carbocycles. The molecule has 0 aliphatic rings. The van der Waals surface area contributed by atoms with Gasteiger partial charge in [0.15, 0.2) is 0 Å². The Labute approximate surface area is 165 Å². The third kappa shape index (κ3) is 6.08. The third-order valence-electron chi connectivity index (χ3n) is 3.92. The van der Waals surface area contributed by atoms with Crippen molar-refractivity contribution in [3.8, 4) is 5.75 Å². The number of benzene rings is 2. The van der Waals surface area contributed by atoms with E-state index in [9.17, 15) is 4.79 Å². The van der Waals surface area contributed by atoms with Gasteiger partial charge in [-0.1, -0.05) is 55.2 Å². The molecule has 0 spiro atoms. The molecular weight excluding hydrogens is 369 g/mol. The highest BCUT2D eigenvalue weighted by molar-refractivity contribution is 6.35. The van der Waals surface area contributed by atoms with E-state index < -0.39 is 0 Å². The maximum atomic E-state index is 12.4. The minimum absolute atomic E-state index is 0.0706. The van der Waals surface area contributed by atoms with Crippen LogP contribution in [0.15, 0.2) is 48.5 Å². The Balaban J connectivity index is 2.11. The van der Waals surface area contributed by atoms with Gasteiger partial charge >= 0.3 is 0 Å². The first-order valence-electron chi connectivity index (χ1n) is 8.46. The van der Waals surface area contributed by atoms with Gasteiger partial charge in [0, 0.05) is 16.1 Å². The number of carbonyl (C=O) groups excluding carboxylic acids is 1. The van der Waals surface area contributed by atoms with E-state index in [1.54, 1.807) is 31.4 Å². The van der Waals surface area contributed by atoms with Crippen LogP contribution in [0.25, 0.3) is 6.08 Å². The molecule has 2 aromatic rings. The van der Waals surface area contributed by atoms with Crippen LogP contribution in [0.5, 0.6) is 5.75 Å². The minimum atomic E-state index is -0.169. The summed E-state index contributed by atoms with van der Waals surface area (Å²) < 4.78 is 5.20. The van der Waals surface area contributed by atoms with Crippen molar-refractivity contribution in [3.05, 3.63) is 69.7 Å². The molecule has 0 saturated heterocycles. The summed E-state index contributed by atoms with van der Waals surface area (Å²) in [6.45, 7) is 4.26. The van der Waals surface area contributed by atoms with Gasteiger partial charge in [-0.3, -0.25) is 4.79 Å². The van der Waals surface area contributed by atoms with Crippen molar-refractivity contribution in [1.29, 1.82) is 0 Å². The molecule has 5 heteroatoms. The van der Waals surface area contributed by atoms with Crippen molar-refractivity contribution < 1.29 is 9.53 Å². The van der Waals surface area contributed by atoms with Gasteiger partial charge in [-0.25, -0.2) is 0 Å². The van der Waals surface area contributed by atoms with E-state index in [0.717, 1.165) is 23.3 Å². The van der Waals surface area contributed by atoms with Gasteiger partial charge in [-0.15, -0.1) is 0 Å². The zero-order chi connectivity index (χ0) is 19.1. The van der Waals surface area contributed by atoms with E-state index in [2.05, 4.69) is 19.2 Å². The van der Waals surface area contributed by atoms with Crippen molar-refractivity contribution in [2.24, 2.45) is 5.92 Å². The number of nitrogens with one attached hydrogen (secondary N) is 1. The summed E-state index contributed by atoms with van der Waals surface area (Å²) in [4.78, 5) is 12.4. The van der Waals surface area contributed by atoms with Gasteiger partial charge < -0.3 is 10.1 Å². The predicted molar refractivity (Wildman–Crippen MR) is 109 cm³/mol. The van der Waals surface area contributed by atoms with Crippen LogP contribution in [0.2, 0.25) is 10.0 Å². The molecule has 1 N–H and O–H groups in total. The highest BCUT2D eigenvalue weighted by atomic mass is 35.5. The van der Waals surface area contributed by atoms with Gasteiger partial charge in [-0.2, -0.15) is 0 Å². The van der Waals surface area contributed by atoms with E-state index in [0.29, 0.717) is 16.0 Å². The summed E-state index contributed by atoms with van der Waals surface area (Å²) in [5, 5.41) is 4.14. The Morgan fingerprint density at radius 1 is 1.15 bits per heavy atom. The van der Waals surface area contributed by atoms with Crippen LogP contribution in [0.1, 0.15) is 37.4 Å². The average Bonchev–Trinajstić information content (AvgIpc) is 2.60. The maximum absolute atomic E-state index is 12.4. The van der Waals surface area contributed by atoms with Crippen molar-refractivity contribution >= 4 is 35.2 Å². The second kappa shape index (κ2) is 9.65. The molecular formula is C21H23Cl2NO2. The second-order valence-corrected chi connectivity index (χ2v) is 7.31. The van der Waals surface area contributed by atoms with E-state index in [1.807, 2.05) is 24.3 Å². The lowest BCUT2D eigenvalue weighted by molar-refractivity contribution is -0.117. The Bertz CT molecular complexity index is 770. The quantitative estimate of drug-likeness (QED) is 0.594. The zero-order valence-corrected chi connectivity index (χ0v) is 16.6. The number of carbonyl (C=O) groups is 1. The van der Waals surface area contributed by atoms with Crippen molar-refractivity contribution in [2.45, 2.75) is 26.3 Å². The van der Waals surface area contributed by atoms with Gasteiger partial charge in [-0.05, 0) is 53.8 Å². The number of amides is 1. The molecule has 0 fully saturated rings. The first-order valence-corrected chi connectivity index (χ1v) is 9.22. The van der Waals surface area contributed by atoms with Crippen molar-refractivity contribution in [1.82, 2.24) is 5.32 Å². The first kappa shape index (κ1) is 20.3. The Morgan fingerprint density at radius 3 is 2.42 bits per heavy atom. The Kier molecular flexibility index (Phi) is 7.55. The molecule has 1 amide bonds. The molecule has 2 rings (SSSR count). The molecule has 1 atom stereocenters. The average molecular weight is 392 g/mol. The van der Waals surface area contributed by atoms with Gasteiger partial charge in [0.2, 0.25) is 5.91 Å². The number of halogens is 2. The monoisotopic (exact) mass is 391 g/mol. The van der Waals surface area contributed by atoms with Crippen LogP contribution < -0.4 is 10.1 Å². The van der Waals surface area contributed by atoms with Gasteiger partial charge in [0.05, 0.1) is 13.2 Å². The van der Waals surface area contributed by atoms with Crippen LogP contribution in [0, 0.1) is 5.92 Å². The second-order valence-electron chi connectivity index (χ2n) is 6.46. The molecule has 0 heterocycles. The lowest BCUT2D eigenvalue weighted by Crippen LogP contribution is -2.27. The molecule has 138 valence electrons. The highest BCUT2D eigenvalue weighted by Crippen LogP contribution is 2.24. The van der Waals surface area contributed by atoms with Crippen molar-refractivity contribution in [3.63, 3.8) is 0 Å². The minimum Gasteiger partial charge on any atom is -0.497 e. The van der Waals surface area contributed by atoms with Crippen LogP contribution >= 0.6 is 23.2 Å². The van der Waals surface area contributed by atoms with E-state index in [4.69, 9.17) is 27.9 Å². The SMILES string of the molecule is COc1ccc(C(CC(C)C)NC(=O)/C=C/c2ccc(Cl)cc2Cl)cc1. The zero-order valence-electron chi connectivity index (χ0n) is 15.1. The molecule has 0 aromatic heterocycles. The molecule has 0 aliphatic heterocycles. The van der Waals surface area contributed by atoms with E-state index >= 15 is 0 Å². The summed E-state index contributed by atoms with van der Waals surface area (Å²) >= 11 is 12.0. The van der Waals surface area contributed by atoms with Crippen LogP contribution in [-0.4, -0.2) is 13.0 Å². The first-order chi connectivity index (χ1) is 12.4. The largest absolute Gasteiger partial charge is 0.497 e. The van der Waals surface area contributed by atoms with Crippen molar-refractivity contribution in [2.75, 3.05) is 7.11 Å². The normalized spacial score (nSPS) is 12.4. The van der Waals surface area contributed by atoms with Crippen LogP contribution in [0.3, 0.4) is 0 Å². The third-order valence-corrected chi connectivity index (χ3v) is 4.48. The van der Waals surface area contributed by atoms with E-state index in [1.165, 1.54) is 6.08 Å². The fourth-order valence-electron chi connectivity index (χ4n) is 2.61. The fraction of sp³-hybridized carbons (Fsp3) is 0.286.